The minimum atomic E-state index is -0.492. The molecule has 0 bridgehead atoms. The Kier molecular flexibility index (Phi) is 4.30. The summed E-state index contributed by atoms with van der Waals surface area (Å²) in [6, 6.07) is 4.52. The van der Waals surface area contributed by atoms with Crippen molar-refractivity contribution in [2.24, 2.45) is 0 Å². The van der Waals surface area contributed by atoms with E-state index in [1.54, 1.807) is 6.07 Å². The fourth-order valence-electron chi connectivity index (χ4n) is 1.04. The van der Waals surface area contributed by atoms with Gasteiger partial charge in [0.05, 0.1) is 12.1 Å². The van der Waals surface area contributed by atoms with E-state index in [1.807, 2.05) is 0 Å². The molecule has 2 amide bonds. The van der Waals surface area contributed by atoms with Crippen LogP contribution in [-0.2, 0) is 4.79 Å². The summed E-state index contributed by atoms with van der Waals surface area (Å²) in [5, 5.41) is 14.2. The van der Waals surface area contributed by atoms with E-state index in [0.717, 1.165) is 0 Å². The number of benzene rings is 1. The number of carbonyl (C=O) groups is 2. The molecule has 3 N–H and O–H groups in total. The van der Waals surface area contributed by atoms with Gasteiger partial charge < -0.3 is 15.7 Å². The van der Waals surface area contributed by atoms with Crippen molar-refractivity contribution >= 4 is 27.7 Å². The lowest BCUT2D eigenvalue weighted by Gasteiger charge is -2.06. The number of rotatable bonds is 3. The summed E-state index contributed by atoms with van der Waals surface area (Å²) >= 11 is 3.16. The van der Waals surface area contributed by atoms with E-state index in [4.69, 9.17) is 0 Å². The fourth-order valence-corrected chi connectivity index (χ4v) is 1.39. The molecule has 1 aromatic carbocycles. The van der Waals surface area contributed by atoms with Gasteiger partial charge in [-0.2, -0.15) is 0 Å². The number of carbonyl (C=O) groups excluding carboxylic acids is 2. The highest BCUT2D eigenvalue weighted by atomic mass is 79.9. The molecule has 0 aliphatic carbocycles. The molecule has 0 saturated carbocycles. The number of halogens is 1. The maximum atomic E-state index is 11.5. The minimum Gasteiger partial charge on any atom is -0.507 e. The zero-order valence-electron chi connectivity index (χ0n) is 8.58. The number of nitrogens with one attached hydrogen (secondary N) is 2. The third kappa shape index (κ3) is 3.23. The van der Waals surface area contributed by atoms with Crippen molar-refractivity contribution in [3.63, 3.8) is 0 Å². The Morgan fingerprint density at radius 1 is 1.44 bits per heavy atom. The minimum absolute atomic E-state index is 0.120. The van der Waals surface area contributed by atoms with Crippen molar-refractivity contribution in [1.82, 2.24) is 10.6 Å². The summed E-state index contributed by atoms with van der Waals surface area (Å²) in [5.74, 6) is -0.928. The van der Waals surface area contributed by atoms with Crippen molar-refractivity contribution in [2.45, 2.75) is 0 Å². The largest absolute Gasteiger partial charge is 0.507 e. The Hall–Kier alpha value is -1.56. The Labute approximate surface area is 101 Å². The number of hydrogen-bond donors (Lipinski definition) is 3. The first-order chi connectivity index (χ1) is 7.54. The molecule has 86 valence electrons. The molecule has 16 heavy (non-hydrogen) atoms. The molecule has 0 radical (unpaired) electrons. The number of amides is 2. The van der Waals surface area contributed by atoms with Gasteiger partial charge in [-0.15, -0.1) is 0 Å². The number of hydrogen-bond acceptors (Lipinski definition) is 3. The Morgan fingerprint density at radius 2 is 2.12 bits per heavy atom. The lowest BCUT2D eigenvalue weighted by Crippen LogP contribution is -2.35. The summed E-state index contributed by atoms with van der Waals surface area (Å²) in [4.78, 5) is 22.4. The zero-order chi connectivity index (χ0) is 12.1. The van der Waals surface area contributed by atoms with Gasteiger partial charge >= 0.3 is 0 Å². The predicted molar refractivity (Wildman–Crippen MR) is 62.2 cm³/mol. The topological polar surface area (TPSA) is 78.4 Å². The first-order valence-corrected chi connectivity index (χ1v) is 5.31. The van der Waals surface area contributed by atoms with E-state index in [0.29, 0.717) is 4.47 Å². The van der Waals surface area contributed by atoms with E-state index in [9.17, 15) is 14.7 Å². The Bertz CT molecular complexity index is 421. The second-order valence-electron chi connectivity index (χ2n) is 3.02. The first kappa shape index (κ1) is 12.5. The summed E-state index contributed by atoms with van der Waals surface area (Å²) < 4.78 is 0.674. The van der Waals surface area contributed by atoms with E-state index in [-0.39, 0.29) is 23.8 Å². The fraction of sp³-hybridized carbons (Fsp3) is 0.200. The van der Waals surface area contributed by atoms with Gasteiger partial charge in [0.2, 0.25) is 5.91 Å². The number of phenolic OH excluding ortho intramolecular Hbond substituents is 1. The molecule has 0 spiro atoms. The molecular weight excluding hydrogens is 276 g/mol. The van der Waals surface area contributed by atoms with Crippen LogP contribution < -0.4 is 10.6 Å². The highest BCUT2D eigenvalue weighted by Crippen LogP contribution is 2.21. The molecule has 0 heterocycles. The second kappa shape index (κ2) is 5.50. The third-order valence-corrected chi connectivity index (χ3v) is 2.39. The zero-order valence-corrected chi connectivity index (χ0v) is 10.2. The smallest absolute Gasteiger partial charge is 0.255 e. The van der Waals surface area contributed by atoms with E-state index in [1.165, 1.54) is 19.2 Å². The molecule has 0 unspecified atom stereocenters. The van der Waals surface area contributed by atoms with Crippen LogP contribution in [-0.4, -0.2) is 30.5 Å². The molecule has 0 aliphatic rings. The molecule has 0 aliphatic heterocycles. The van der Waals surface area contributed by atoms with Crippen LogP contribution in [0.1, 0.15) is 10.4 Å². The summed E-state index contributed by atoms with van der Waals surface area (Å²) in [6.45, 7) is -0.120. The number of phenols is 1. The summed E-state index contributed by atoms with van der Waals surface area (Å²) in [6.07, 6.45) is 0. The number of aromatic hydroxyl groups is 1. The van der Waals surface area contributed by atoms with Crippen LogP contribution in [0.25, 0.3) is 0 Å². The summed E-state index contributed by atoms with van der Waals surface area (Å²) in [7, 11) is 1.48. The molecular formula is C10H11BrN2O3. The maximum absolute atomic E-state index is 11.5. The van der Waals surface area contributed by atoms with Crippen LogP contribution in [0.2, 0.25) is 0 Å². The summed E-state index contributed by atoms with van der Waals surface area (Å²) in [5.41, 5.74) is 0.132. The van der Waals surface area contributed by atoms with Gasteiger partial charge in [0.25, 0.3) is 5.91 Å². The maximum Gasteiger partial charge on any atom is 0.255 e. The van der Waals surface area contributed by atoms with Gasteiger partial charge in [0.15, 0.2) is 0 Å². The monoisotopic (exact) mass is 286 g/mol. The van der Waals surface area contributed by atoms with Gasteiger partial charge in [-0.25, -0.2) is 0 Å². The molecule has 1 rings (SSSR count). The van der Waals surface area contributed by atoms with E-state index in [2.05, 4.69) is 26.6 Å². The quantitative estimate of drug-likeness (QED) is 0.763. The first-order valence-electron chi connectivity index (χ1n) is 4.52. The van der Waals surface area contributed by atoms with Crippen LogP contribution in [0, 0.1) is 0 Å². The SMILES string of the molecule is CNC(=O)CNC(=O)c1ccc(Br)cc1O. The van der Waals surface area contributed by atoms with Crippen LogP contribution >= 0.6 is 15.9 Å². The van der Waals surface area contributed by atoms with Crippen LogP contribution in [0.15, 0.2) is 22.7 Å². The average molecular weight is 287 g/mol. The van der Waals surface area contributed by atoms with Gasteiger partial charge in [0.1, 0.15) is 5.75 Å². The average Bonchev–Trinajstić information content (AvgIpc) is 2.25. The predicted octanol–water partition coefficient (Wildman–Crippen LogP) is 0.630. The molecule has 0 saturated heterocycles. The van der Waals surface area contributed by atoms with Gasteiger partial charge in [-0.05, 0) is 18.2 Å². The molecule has 0 fully saturated rings. The van der Waals surface area contributed by atoms with E-state index >= 15 is 0 Å². The highest BCUT2D eigenvalue weighted by Gasteiger charge is 2.11. The van der Waals surface area contributed by atoms with Crippen molar-refractivity contribution in [3.8, 4) is 5.75 Å². The lowest BCUT2D eigenvalue weighted by atomic mass is 10.2. The van der Waals surface area contributed by atoms with Gasteiger partial charge in [-0.1, -0.05) is 15.9 Å². The molecule has 6 heteroatoms. The second-order valence-corrected chi connectivity index (χ2v) is 3.93. The molecule has 0 atom stereocenters. The molecule has 0 aromatic heterocycles. The van der Waals surface area contributed by atoms with Crippen molar-refractivity contribution in [1.29, 1.82) is 0 Å². The van der Waals surface area contributed by atoms with Crippen LogP contribution in [0.4, 0.5) is 0 Å². The third-order valence-electron chi connectivity index (χ3n) is 1.89. The molecule has 5 nitrogen and oxygen atoms in total. The lowest BCUT2D eigenvalue weighted by molar-refractivity contribution is -0.119. The van der Waals surface area contributed by atoms with Gasteiger partial charge in [0, 0.05) is 11.5 Å². The normalized spacial score (nSPS) is 9.62. The highest BCUT2D eigenvalue weighted by molar-refractivity contribution is 9.10. The Balaban J connectivity index is 2.70. The van der Waals surface area contributed by atoms with Crippen molar-refractivity contribution in [2.75, 3.05) is 13.6 Å². The van der Waals surface area contributed by atoms with Crippen molar-refractivity contribution in [3.05, 3.63) is 28.2 Å². The number of likely N-dealkylation sites (N-methyl/N-ethyl adjacent to an activating group) is 1. The van der Waals surface area contributed by atoms with Gasteiger partial charge in [-0.3, -0.25) is 9.59 Å². The van der Waals surface area contributed by atoms with Crippen molar-refractivity contribution < 1.29 is 14.7 Å². The Morgan fingerprint density at radius 3 is 2.69 bits per heavy atom. The van der Waals surface area contributed by atoms with Crippen LogP contribution in [0.5, 0.6) is 5.75 Å². The van der Waals surface area contributed by atoms with E-state index < -0.39 is 5.91 Å². The standard InChI is InChI=1S/C10H11BrN2O3/c1-12-9(15)5-13-10(16)7-3-2-6(11)4-8(7)14/h2-4,14H,5H2,1H3,(H,12,15)(H,13,16). The van der Waals surface area contributed by atoms with Crippen LogP contribution in [0.3, 0.4) is 0 Å². The molecule has 1 aromatic rings.